The Morgan fingerprint density at radius 1 is 1.40 bits per heavy atom. The highest BCUT2D eigenvalue weighted by Crippen LogP contribution is 2.17. The largest absolute Gasteiger partial charge is 0.338 e. The van der Waals surface area contributed by atoms with Crippen molar-refractivity contribution < 1.29 is 0 Å². The molecule has 0 amide bonds. The van der Waals surface area contributed by atoms with Crippen molar-refractivity contribution in [1.29, 1.82) is 0 Å². The van der Waals surface area contributed by atoms with E-state index in [1.807, 2.05) is 25.6 Å². The predicted molar refractivity (Wildman–Crippen MR) is 60.3 cm³/mol. The van der Waals surface area contributed by atoms with Gasteiger partial charge in [0.2, 0.25) is 0 Å². The molecule has 0 aliphatic heterocycles. The van der Waals surface area contributed by atoms with Crippen molar-refractivity contribution in [1.82, 2.24) is 19.7 Å². The number of anilines is 2. The number of nitrogens with zero attached hydrogens (tertiary/aromatic N) is 4. The highest BCUT2D eigenvalue weighted by Gasteiger charge is 1.99. The molecule has 0 aromatic carbocycles. The molecule has 0 bridgehead atoms. The van der Waals surface area contributed by atoms with Crippen molar-refractivity contribution in [3.8, 4) is 0 Å². The van der Waals surface area contributed by atoms with Gasteiger partial charge in [-0.2, -0.15) is 5.10 Å². The Morgan fingerprint density at radius 3 is 2.93 bits per heavy atom. The normalized spacial score (nSPS) is 10.3. The molecule has 0 unspecified atom stereocenters. The molecule has 2 rings (SSSR count). The van der Waals surface area contributed by atoms with Crippen LogP contribution in [-0.2, 0) is 7.05 Å². The van der Waals surface area contributed by atoms with Gasteiger partial charge in [0.1, 0.15) is 17.2 Å². The van der Waals surface area contributed by atoms with Crippen LogP contribution in [-0.4, -0.2) is 26.0 Å². The standard InChI is InChI=1S/C9H11N5S/c1-14-5-7(4-12-14)13-8-3-9(15-2)11-6-10-8/h3-6H,1-2H3,(H,10,11,13). The minimum atomic E-state index is 0.780. The van der Waals surface area contributed by atoms with Crippen molar-refractivity contribution in [2.24, 2.45) is 7.05 Å². The van der Waals surface area contributed by atoms with Gasteiger partial charge in [0.25, 0.3) is 0 Å². The first kappa shape index (κ1) is 9.97. The van der Waals surface area contributed by atoms with Gasteiger partial charge in [-0.05, 0) is 6.26 Å². The van der Waals surface area contributed by atoms with E-state index in [4.69, 9.17) is 0 Å². The van der Waals surface area contributed by atoms with Gasteiger partial charge < -0.3 is 5.32 Å². The third-order valence-corrected chi connectivity index (χ3v) is 2.47. The molecular weight excluding hydrogens is 210 g/mol. The monoisotopic (exact) mass is 221 g/mol. The lowest BCUT2D eigenvalue weighted by Crippen LogP contribution is -1.93. The molecule has 2 heterocycles. The topological polar surface area (TPSA) is 55.6 Å². The maximum atomic E-state index is 4.12. The Bertz CT molecular complexity index is 453. The van der Waals surface area contributed by atoms with Gasteiger partial charge in [0, 0.05) is 19.3 Å². The molecule has 6 heteroatoms. The summed E-state index contributed by atoms with van der Waals surface area (Å²) in [7, 11) is 1.87. The SMILES string of the molecule is CSc1cc(Nc2cnn(C)c2)ncn1. The molecule has 2 aromatic rings. The lowest BCUT2D eigenvalue weighted by atomic mass is 10.5. The van der Waals surface area contributed by atoms with Crippen molar-refractivity contribution in [3.63, 3.8) is 0 Å². The zero-order chi connectivity index (χ0) is 10.7. The number of rotatable bonds is 3. The third-order valence-electron chi connectivity index (χ3n) is 1.83. The molecule has 0 fully saturated rings. The Hall–Kier alpha value is -1.56. The van der Waals surface area contributed by atoms with E-state index in [9.17, 15) is 0 Å². The summed E-state index contributed by atoms with van der Waals surface area (Å²) in [4.78, 5) is 8.22. The van der Waals surface area contributed by atoms with Gasteiger partial charge in [0.05, 0.1) is 11.9 Å². The Labute approximate surface area is 91.9 Å². The summed E-state index contributed by atoms with van der Waals surface area (Å²) in [5.41, 5.74) is 0.920. The summed E-state index contributed by atoms with van der Waals surface area (Å²) in [5.74, 6) is 0.780. The van der Waals surface area contributed by atoms with Crippen LogP contribution in [0.1, 0.15) is 0 Å². The van der Waals surface area contributed by atoms with Gasteiger partial charge in [-0.1, -0.05) is 0 Å². The Morgan fingerprint density at radius 2 is 2.27 bits per heavy atom. The molecular formula is C9H11N5S. The lowest BCUT2D eigenvalue weighted by Gasteiger charge is -2.02. The fraction of sp³-hybridized carbons (Fsp3) is 0.222. The van der Waals surface area contributed by atoms with Crippen LogP contribution in [0.5, 0.6) is 0 Å². The molecule has 0 aliphatic carbocycles. The lowest BCUT2D eigenvalue weighted by molar-refractivity contribution is 0.768. The zero-order valence-electron chi connectivity index (χ0n) is 8.51. The summed E-state index contributed by atoms with van der Waals surface area (Å²) in [5, 5.41) is 8.15. The number of aryl methyl sites for hydroxylation is 1. The summed E-state index contributed by atoms with van der Waals surface area (Å²) in [6.07, 6.45) is 7.17. The van der Waals surface area contributed by atoms with Crippen LogP contribution < -0.4 is 5.32 Å². The minimum absolute atomic E-state index is 0.780. The van der Waals surface area contributed by atoms with Crippen molar-refractivity contribution in [2.75, 3.05) is 11.6 Å². The molecule has 78 valence electrons. The van der Waals surface area contributed by atoms with Crippen molar-refractivity contribution in [2.45, 2.75) is 5.03 Å². The van der Waals surface area contributed by atoms with Gasteiger partial charge in [0.15, 0.2) is 0 Å². The van der Waals surface area contributed by atoms with E-state index in [0.29, 0.717) is 0 Å². The van der Waals surface area contributed by atoms with Gasteiger partial charge in [-0.15, -0.1) is 11.8 Å². The average molecular weight is 221 g/mol. The minimum Gasteiger partial charge on any atom is -0.338 e. The van der Waals surface area contributed by atoms with Crippen molar-refractivity contribution in [3.05, 3.63) is 24.8 Å². The van der Waals surface area contributed by atoms with E-state index in [1.54, 1.807) is 29.0 Å². The van der Waals surface area contributed by atoms with Crippen LogP contribution in [0.3, 0.4) is 0 Å². The Kier molecular flexibility index (Phi) is 2.86. The zero-order valence-corrected chi connectivity index (χ0v) is 9.32. The van der Waals surface area contributed by atoms with E-state index in [0.717, 1.165) is 16.5 Å². The van der Waals surface area contributed by atoms with E-state index < -0.39 is 0 Å². The fourth-order valence-electron chi connectivity index (χ4n) is 1.15. The van der Waals surface area contributed by atoms with Crippen LogP contribution in [0, 0.1) is 0 Å². The molecule has 5 nitrogen and oxygen atoms in total. The maximum absolute atomic E-state index is 4.12. The van der Waals surface area contributed by atoms with Gasteiger partial charge >= 0.3 is 0 Å². The first-order valence-corrected chi connectivity index (χ1v) is 5.62. The third kappa shape index (κ3) is 2.47. The number of hydrogen-bond donors (Lipinski definition) is 1. The number of thioether (sulfide) groups is 1. The maximum Gasteiger partial charge on any atom is 0.134 e. The van der Waals surface area contributed by atoms with Crippen molar-refractivity contribution >= 4 is 23.3 Å². The van der Waals surface area contributed by atoms with E-state index in [1.165, 1.54) is 0 Å². The molecule has 0 saturated carbocycles. The van der Waals surface area contributed by atoms with Crippen LogP contribution in [0.15, 0.2) is 29.8 Å². The second-order valence-corrected chi connectivity index (χ2v) is 3.80. The number of hydrogen-bond acceptors (Lipinski definition) is 5. The summed E-state index contributed by atoms with van der Waals surface area (Å²) < 4.78 is 1.74. The average Bonchev–Trinajstić information content (AvgIpc) is 2.64. The second kappa shape index (κ2) is 4.31. The quantitative estimate of drug-likeness (QED) is 0.631. The molecule has 0 atom stereocenters. The van der Waals surface area contributed by atoms with E-state index in [-0.39, 0.29) is 0 Å². The summed E-state index contributed by atoms with van der Waals surface area (Å²) >= 11 is 1.59. The molecule has 0 aliphatic rings. The van der Waals surface area contributed by atoms with E-state index >= 15 is 0 Å². The van der Waals surface area contributed by atoms with Gasteiger partial charge in [-0.3, -0.25) is 4.68 Å². The summed E-state index contributed by atoms with van der Waals surface area (Å²) in [6, 6.07) is 1.90. The predicted octanol–water partition coefficient (Wildman–Crippen LogP) is 1.68. The molecule has 1 N–H and O–H groups in total. The highest BCUT2D eigenvalue weighted by atomic mass is 32.2. The van der Waals surface area contributed by atoms with Crippen LogP contribution >= 0.6 is 11.8 Å². The van der Waals surface area contributed by atoms with Crippen LogP contribution in [0.2, 0.25) is 0 Å². The molecule has 0 spiro atoms. The molecule has 2 aromatic heterocycles. The number of nitrogens with one attached hydrogen (secondary N) is 1. The fourth-order valence-corrected chi connectivity index (χ4v) is 1.54. The smallest absolute Gasteiger partial charge is 0.134 e. The summed E-state index contributed by atoms with van der Waals surface area (Å²) in [6.45, 7) is 0. The molecule has 0 radical (unpaired) electrons. The number of aromatic nitrogens is 4. The highest BCUT2D eigenvalue weighted by molar-refractivity contribution is 7.98. The molecule has 0 saturated heterocycles. The van der Waals surface area contributed by atoms with Crippen LogP contribution in [0.4, 0.5) is 11.5 Å². The van der Waals surface area contributed by atoms with Crippen LogP contribution in [0.25, 0.3) is 0 Å². The first-order chi connectivity index (χ1) is 7.28. The second-order valence-electron chi connectivity index (χ2n) is 2.97. The van der Waals surface area contributed by atoms with E-state index in [2.05, 4.69) is 20.4 Å². The Balaban J connectivity index is 2.16. The molecule has 15 heavy (non-hydrogen) atoms. The first-order valence-electron chi connectivity index (χ1n) is 4.39. The van der Waals surface area contributed by atoms with Gasteiger partial charge in [-0.25, -0.2) is 9.97 Å².